The molecular weight excluding hydrogens is 936 g/mol. The molecule has 388 valence electrons. The van der Waals surface area contributed by atoms with Crippen molar-refractivity contribution in [2.75, 3.05) is 16.0 Å². The van der Waals surface area contributed by atoms with Crippen molar-refractivity contribution < 1.29 is 38.9 Å². The minimum absolute atomic E-state index is 0.0434. The van der Waals surface area contributed by atoms with Crippen LogP contribution in [0.3, 0.4) is 0 Å². The summed E-state index contributed by atoms with van der Waals surface area (Å²) >= 11 is 5.77. The Labute approximate surface area is 419 Å². The average molecular weight is 1010 g/mol. The van der Waals surface area contributed by atoms with E-state index in [1.165, 1.54) is 6.07 Å². The molecule has 0 saturated heterocycles. The molecule has 4 aromatic heterocycles. The number of aromatic nitrogens is 6. The summed E-state index contributed by atoms with van der Waals surface area (Å²) in [6, 6.07) is 13.2. The molecule has 4 aromatic rings. The Balaban J connectivity index is 0.000000257. The van der Waals surface area contributed by atoms with Gasteiger partial charge in [0, 0.05) is 30.3 Å². The zero-order valence-electron chi connectivity index (χ0n) is 42.2. The summed E-state index contributed by atoms with van der Waals surface area (Å²) in [5.41, 5.74) is 14.9. The molecule has 0 bridgehead atoms. The minimum Gasteiger partial charge on any atom is -0.444 e. The van der Waals surface area contributed by atoms with Crippen LogP contribution in [0, 0.1) is 0 Å². The summed E-state index contributed by atoms with van der Waals surface area (Å²) in [5, 5.41) is 50.8. The zero-order valence-corrected chi connectivity index (χ0v) is 43.0. The van der Waals surface area contributed by atoms with Crippen LogP contribution in [0.5, 0.6) is 0 Å². The van der Waals surface area contributed by atoms with E-state index in [2.05, 4.69) is 56.9 Å². The maximum Gasteiger partial charge on any atom is 0.407 e. The second kappa shape index (κ2) is 24.6. The van der Waals surface area contributed by atoms with Crippen molar-refractivity contribution in [2.45, 2.75) is 167 Å². The van der Waals surface area contributed by atoms with Crippen molar-refractivity contribution in [1.29, 1.82) is 0 Å². The van der Waals surface area contributed by atoms with Gasteiger partial charge in [-0.05, 0) is 119 Å². The number of rotatable bonds is 12. The smallest absolute Gasteiger partial charge is 0.407 e. The third-order valence-corrected chi connectivity index (χ3v) is 10.8. The lowest BCUT2D eigenvalue weighted by Crippen LogP contribution is -2.50. The molecule has 4 atom stereocenters. The van der Waals surface area contributed by atoms with Gasteiger partial charge in [-0.1, -0.05) is 49.4 Å². The summed E-state index contributed by atoms with van der Waals surface area (Å²) in [7, 11) is 0. The molecule has 4 heterocycles. The van der Waals surface area contributed by atoms with Crippen LogP contribution >= 0.6 is 11.6 Å². The molecule has 6 rings (SSSR count). The fourth-order valence-corrected chi connectivity index (χ4v) is 7.42. The molecule has 23 heteroatoms. The number of carbonyl (C=O) groups excluding carboxylic acids is 4. The summed E-state index contributed by atoms with van der Waals surface area (Å²) in [5.74, 6) is -0.235. The molecule has 71 heavy (non-hydrogen) atoms. The van der Waals surface area contributed by atoms with Crippen LogP contribution in [0.4, 0.5) is 38.4 Å². The Morgan fingerprint density at radius 3 is 1.46 bits per heavy atom. The van der Waals surface area contributed by atoms with E-state index >= 15 is 0 Å². The molecule has 0 spiro atoms. The second-order valence-electron chi connectivity index (χ2n) is 20.3. The number of pyridine rings is 2. The van der Waals surface area contributed by atoms with Gasteiger partial charge in [0.2, 0.25) is 0 Å². The number of aliphatic hydroxyl groups is 2. The number of nitrogens with zero attached hydrogens (tertiary/aromatic N) is 6. The first-order valence-corrected chi connectivity index (χ1v) is 23.8. The highest BCUT2D eigenvalue weighted by atomic mass is 35.5. The van der Waals surface area contributed by atoms with Crippen molar-refractivity contribution in [3.63, 3.8) is 0 Å². The van der Waals surface area contributed by atoms with Crippen LogP contribution in [0.2, 0.25) is 5.15 Å². The van der Waals surface area contributed by atoms with Gasteiger partial charge in [0.1, 0.15) is 34.0 Å². The van der Waals surface area contributed by atoms with Gasteiger partial charge in [-0.3, -0.25) is 9.59 Å². The Kier molecular flexibility index (Phi) is 19.8. The topological polar surface area (TPSA) is 343 Å². The first kappa shape index (κ1) is 57.1. The molecule has 2 saturated carbocycles. The Hall–Kier alpha value is -6.49. The van der Waals surface area contributed by atoms with Gasteiger partial charge < -0.3 is 63.5 Å². The highest BCUT2D eigenvalue weighted by molar-refractivity contribution is 6.29. The van der Waals surface area contributed by atoms with Crippen molar-refractivity contribution in [2.24, 2.45) is 17.2 Å². The van der Waals surface area contributed by atoms with Crippen molar-refractivity contribution in [3.8, 4) is 0 Å². The molecule has 2 aliphatic carbocycles. The number of hydrogen-bond acceptors (Lipinski definition) is 18. The maximum absolute atomic E-state index is 12.3. The number of halogens is 1. The van der Waals surface area contributed by atoms with E-state index in [-0.39, 0.29) is 46.8 Å². The van der Waals surface area contributed by atoms with Gasteiger partial charge in [-0.2, -0.15) is 0 Å². The van der Waals surface area contributed by atoms with E-state index in [0.29, 0.717) is 40.2 Å². The van der Waals surface area contributed by atoms with Crippen molar-refractivity contribution >= 4 is 64.4 Å². The molecule has 0 aliphatic heterocycles. The van der Waals surface area contributed by atoms with Gasteiger partial charge >= 0.3 is 12.2 Å². The number of ether oxygens (including phenoxy) is 2. The predicted octanol–water partition coefficient (Wildman–Crippen LogP) is 6.57. The molecule has 0 unspecified atom stereocenters. The fraction of sp³-hybridized carbons (Fsp3) is 0.542. The first-order chi connectivity index (χ1) is 33.0. The summed E-state index contributed by atoms with van der Waals surface area (Å²) in [6.07, 6.45) is 7.01. The Morgan fingerprint density at radius 1 is 0.592 bits per heavy atom. The van der Waals surface area contributed by atoms with Crippen LogP contribution in [0.1, 0.15) is 153 Å². The van der Waals surface area contributed by atoms with Crippen molar-refractivity contribution in [1.82, 2.24) is 41.0 Å². The molecule has 2 fully saturated rings. The third kappa shape index (κ3) is 19.3. The van der Waals surface area contributed by atoms with E-state index in [1.54, 1.807) is 70.2 Å². The fourth-order valence-electron chi connectivity index (χ4n) is 7.27. The maximum atomic E-state index is 12.3. The normalized spacial score (nSPS) is 18.2. The first-order valence-electron chi connectivity index (χ1n) is 23.4. The standard InChI is InChI=1S/C24H35N7O4.C13H14ClN5O2.C11H22N2O2/c1-23(2,3)35-22(33)28-15-10-7-6-9-14(15)26-19-13-16(20(21(25)32)31-30-19)27-18-12-8-11-17(29-18)24(4,5)34;1-13(2,21)8-4-3-5-10(17-8)16-7-6-9(14)18-19-11(7)12(15)20;1-11(2,3)15-10(14)13-9-7-5-4-6-8(9)12/h8,11-15,34H,6-7,9-10H2,1-5H3,(H2,25,32)(H,28,33)(H2,26,27,29,30);3-6,21H,1-2H3,(H2,15,20)(H,16,17,18);8-9H,4-7,12H2,1-3H3,(H,13,14)/t14-,15+;;8-,9+/m1.1/s1. The number of alkyl carbamates (subject to hydrolysis) is 2. The summed E-state index contributed by atoms with van der Waals surface area (Å²) in [6.45, 7) is 17.5. The number of amides is 4. The van der Waals surface area contributed by atoms with E-state index in [9.17, 15) is 29.4 Å². The van der Waals surface area contributed by atoms with E-state index in [4.69, 9.17) is 38.3 Å². The third-order valence-electron chi connectivity index (χ3n) is 10.6. The zero-order chi connectivity index (χ0) is 52.9. The minimum atomic E-state index is -1.13. The van der Waals surface area contributed by atoms with Crippen LogP contribution < -0.4 is 43.8 Å². The molecule has 22 nitrogen and oxygen atoms in total. The van der Waals surface area contributed by atoms with Gasteiger partial charge in [0.25, 0.3) is 11.8 Å². The van der Waals surface area contributed by atoms with Gasteiger partial charge in [-0.15, -0.1) is 20.4 Å². The van der Waals surface area contributed by atoms with Crippen LogP contribution in [-0.4, -0.2) is 99.9 Å². The number of nitrogens with one attached hydrogen (secondary N) is 5. The lowest BCUT2D eigenvalue weighted by Gasteiger charge is -2.33. The highest BCUT2D eigenvalue weighted by Crippen LogP contribution is 2.28. The average Bonchev–Trinajstić information content (AvgIpc) is 3.24. The molecule has 4 amide bonds. The Bertz CT molecular complexity index is 2450. The number of nitrogens with two attached hydrogens (primary N) is 3. The largest absolute Gasteiger partial charge is 0.444 e. The van der Waals surface area contributed by atoms with Crippen LogP contribution in [0.25, 0.3) is 0 Å². The molecule has 2 aliphatic rings. The van der Waals surface area contributed by atoms with Gasteiger partial charge in [0.15, 0.2) is 22.4 Å². The van der Waals surface area contributed by atoms with E-state index in [1.807, 2.05) is 41.5 Å². The SMILES string of the molecule is CC(C)(C)OC(=O)N[C@H]1CCCC[C@H]1N.CC(C)(C)OC(=O)N[C@H]1CCCC[C@H]1Nc1cc(Nc2cccc(C(C)(C)O)n2)c(C(N)=O)nn1.CC(C)(O)c1cccc(Nc2cc(Cl)nnc2C(N)=O)n1. The van der Waals surface area contributed by atoms with E-state index < -0.39 is 40.3 Å². The number of carbonyl (C=O) groups is 4. The van der Waals surface area contributed by atoms with E-state index in [0.717, 1.165) is 51.4 Å². The lowest BCUT2D eigenvalue weighted by molar-refractivity contribution is 0.0475. The summed E-state index contributed by atoms with van der Waals surface area (Å²) < 4.78 is 10.6. The number of anilines is 5. The van der Waals surface area contributed by atoms with Gasteiger partial charge in [-0.25, -0.2) is 19.6 Å². The van der Waals surface area contributed by atoms with Gasteiger partial charge in [0.05, 0.1) is 28.8 Å². The van der Waals surface area contributed by atoms with Crippen LogP contribution in [0.15, 0.2) is 48.5 Å². The summed E-state index contributed by atoms with van der Waals surface area (Å²) in [4.78, 5) is 55.8. The molecule has 0 radical (unpaired) electrons. The lowest BCUT2D eigenvalue weighted by atomic mass is 9.90. The monoisotopic (exact) mass is 1010 g/mol. The highest BCUT2D eigenvalue weighted by Gasteiger charge is 2.30. The predicted molar refractivity (Wildman–Crippen MR) is 270 cm³/mol. The quantitative estimate of drug-likeness (QED) is 0.0717. The van der Waals surface area contributed by atoms with Crippen molar-refractivity contribution in [3.05, 3.63) is 76.5 Å². The molecule has 13 N–H and O–H groups in total. The van der Waals surface area contributed by atoms with Crippen LogP contribution in [-0.2, 0) is 20.7 Å². The number of primary amides is 2. The Morgan fingerprint density at radius 2 is 1.01 bits per heavy atom. The molecule has 0 aromatic carbocycles. The second-order valence-corrected chi connectivity index (χ2v) is 20.7. The molecular formula is C48H71ClN14O8. The number of hydrogen-bond donors (Lipinski definition) is 10.